The largest absolute Gasteiger partial charge is 0.385 e. The second-order valence-corrected chi connectivity index (χ2v) is 7.69. The zero-order chi connectivity index (χ0) is 17.3. The van der Waals surface area contributed by atoms with Crippen LogP contribution in [0.25, 0.3) is 0 Å². The van der Waals surface area contributed by atoms with Crippen molar-refractivity contribution < 1.29 is 13.3 Å². The van der Waals surface area contributed by atoms with E-state index in [0.29, 0.717) is 5.69 Å². The van der Waals surface area contributed by atoms with Crippen molar-refractivity contribution in [3.8, 4) is 0 Å². The number of para-hydroxylation sites is 1. The van der Waals surface area contributed by atoms with E-state index in [9.17, 15) is 18.5 Å². The summed E-state index contributed by atoms with van der Waals surface area (Å²) in [6, 6.07) is 9.90. The van der Waals surface area contributed by atoms with E-state index in [0.717, 1.165) is 36.9 Å². The third-order valence-electron chi connectivity index (χ3n) is 3.90. The minimum atomic E-state index is -3.70. The molecule has 0 aliphatic carbocycles. The SMILES string of the molecule is CS(=O)(=O)c1cccc(Nc2ccc3c(c2)CCCN3)c1[N+](=O)[O-]. The Labute approximate surface area is 139 Å². The lowest BCUT2D eigenvalue weighted by atomic mass is 10.0. The molecule has 2 N–H and O–H groups in total. The van der Waals surface area contributed by atoms with Crippen LogP contribution < -0.4 is 10.6 Å². The van der Waals surface area contributed by atoms with Gasteiger partial charge in [0.15, 0.2) is 9.84 Å². The van der Waals surface area contributed by atoms with E-state index in [-0.39, 0.29) is 10.6 Å². The van der Waals surface area contributed by atoms with Crippen molar-refractivity contribution >= 4 is 32.6 Å². The van der Waals surface area contributed by atoms with Crippen molar-refractivity contribution in [2.24, 2.45) is 0 Å². The summed E-state index contributed by atoms with van der Waals surface area (Å²) in [4.78, 5) is 10.4. The van der Waals surface area contributed by atoms with Gasteiger partial charge in [-0.05, 0) is 48.7 Å². The molecule has 0 fully saturated rings. The molecule has 2 aromatic rings. The smallest absolute Gasteiger partial charge is 0.311 e. The Balaban J connectivity index is 2.03. The van der Waals surface area contributed by atoms with Gasteiger partial charge in [0.05, 0.1) is 4.92 Å². The number of anilines is 3. The molecule has 7 nitrogen and oxygen atoms in total. The lowest BCUT2D eigenvalue weighted by Gasteiger charge is -2.19. The van der Waals surface area contributed by atoms with Gasteiger partial charge in [0.25, 0.3) is 0 Å². The molecular weight excluding hydrogens is 330 g/mol. The molecule has 1 aliphatic rings. The number of rotatable bonds is 4. The molecule has 0 saturated carbocycles. The van der Waals surface area contributed by atoms with Gasteiger partial charge in [-0.3, -0.25) is 10.1 Å². The van der Waals surface area contributed by atoms with Crippen molar-refractivity contribution in [1.82, 2.24) is 0 Å². The van der Waals surface area contributed by atoms with Gasteiger partial charge >= 0.3 is 5.69 Å². The number of nitro groups is 1. The van der Waals surface area contributed by atoms with Gasteiger partial charge in [0.2, 0.25) is 0 Å². The fraction of sp³-hybridized carbons (Fsp3) is 0.250. The van der Waals surface area contributed by atoms with Crippen LogP contribution in [0, 0.1) is 10.1 Å². The van der Waals surface area contributed by atoms with E-state index in [1.165, 1.54) is 18.2 Å². The van der Waals surface area contributed by atoms with Gasteiger partial charge in [-0.15, -0.1) is 0 Å². The highest BCUT2D eigenvalue weighted by Gasteiger charge is 2.26. The first-order chi connectivity index (χ1) is 11.4. The molecule has 0 unspecified atom stereocenters. The number of sulfone groups is 1. The number of hydrogen-bond acceptors (Lipinski definition) is 6. The van der Waals surface area contributed by atoms with Crippen LogP contribution in [0.2, 0.25) is 0 Å². The molecule has 24 heavy (non-hydrogen) atoms. The summed E-state index contributed by atoms with van der Waals surface area (Å²) < 4.78 is 23.6. The number of nitrogens with one attached hydrogen (secondary N) is 2. The predicted octanol–water partition coefficient (Wildman–Crippen LogP) is 3.10. The quantitative estimate of drug-likeness (QED) is 0.651. The maximum absolute atomic E-state index is 11.8. The van der Waals surface area contributed by atoms with Gasteiger partial charge in [0.1, 0.15) is 10.6 Å². The molecule has 126 valence electrons. The summed E-state index contributed by atoms with van der Waals surface area (Å²) >= 11 is 0. The molecule has 0 bridgehead atoms. The van der Waals surface area contributed by atoms with E-state index < -0.39 is 20.4 Å². The number of aryl methyl sites for hydroxylation is 1. The molecular formula is C16H17N3O4S. The Morgan fingerprint density at radius 2 is 2.04 bits per heavy atom. The van der Waals surface area contributed by atoms with Gasteiger partial charge in [-0.25, -0.2) is 8.42 Å². The van der Waals surface area contributed by atoms with Crippen LogP contribution in [-0.4, -0.2) is 26.1 Å². The normalized spacial score (nSPS) is 13.7. The molecule has 0 aromatic heterocycles. The van der Waals surface area contributed by atoms with Gasteiger partial charge < -0.3 is 10.6 Å². The average Bonchev–Trinajstić information content (AvgIpc) is 2.53. The van der Waals surface area contributed by atoms with E-state index >= 15 is 0 Å². The van der Waals surface area contributed by atoms with E-state index in [1.54, 1.807) is 0 Å². The predicted molar refractivity (Wildman–Crippen MR) is 92.7 cm³/mol. The fourth-order valence-corrected chi connectivity index (χ4v) is 3.68. The Bertz CT molecular complexity index is 910. The molecule has 1 heterocycles. The maximum Gasteiger partial charge on any atom is 0.311 e. The highest BCUT2D eigenvalue weighted by molar-refractivity contribution is 7.90. The van der Waals surface area contributed by atoms with Crippen LogP contribution in [0.1, 0.15) is 12.0 Å². The van der Waals surface area contributed by atoms with Gasteiger partial charge in [-0.1, -0.05) is 6.07 Å². The number of benzene rings is 2. The minimum absolute atomic E-state index is 0.159. The van der Waals surface area contributed by atoms with E-state index in [4.69, 9.17) is 0 Å². The lowest BCUT2D eigenvalue weighted by molar-refractivity contribution is -0.386. The summed E-state index contributed by atoms with van der Waals surface area (Å²) in [5.74, 6) is 0. The summed E-state index contributed by atoms with van der Waals surface area (Å²) in [5.41, 5.74) is 2.60. The molecule has 8 heteroatoms. The van der Waals surface area contributed by atoms with Gasteiger partial charge in [-0.2, -0.15) is 0 Å². The van der Waals surface area contributed by atoms with Crippen LogP contribution in [0.3, 0.4) is 0 Å². The van der Waals surface area contributed by atoms with Crippen LogP contribution in [-0.2, 0) is 16.3 Å². The first-order valence-electron chi connectivity index (χ1n) is 7.47. The van der Waals surface area contributed by atoms with E-state index in [2.05, 4.69) is 10.6 Å². The lowest BCUT2D eigenvalue weighted by Crippen LogP contribution is -2.11. The van der Waals surface area contributed by atoms with Gasteiger partial charge in [0, 0.05) is 24.2 Å². The number of hydrogen-bond donors (Lipinski definition) is 2. The van der Waals surface area contributed by atoms with Crippen LogP contribution in [0.5, 0.6) is 0 Å². The number of fused-ring (bicyclic) bond motifs is 1. The monoisotopic (exact) mass is 347 g/mol. The number of nitrogens with zero attached hydrogens (tertiary/aromatic N) is 1. The van der Waals surface area contributed by atoms with Crippen molar-refractivity contribution in [3.05, 3.63) is 52.1 Å². The maximum atomic E-state index is 11.8. The summed E-state index contributed by atoms with van der Waals surface area (Å²) in [5, 5.41) is 17.7. The Hall–Kier alpha value is -2.61. The first-order valence-corrected chi connectivity index (χ1v) is 9.37. The third-order valence-corrected chi connectivity index (χ3v) is 5.03. The zero-order valence-corrected chi connectivity index (χ0v) is 13.9. The Morgan fingerprint density at radius 1 is 1.25 bits per heavy atom. The molecule has 0 amide bonds. The summed E-state index contributed by atoms with van der Waals surface area (Å²) in [6.07, 6.45) is 2.92. The standard InChI is InChI=1S/C16H17N3O4S/c1-24(22,23)15-6-2-5-14(16(15)19(20)21)18-12-7-8-13-11(10-12)4-3-9-17-13/h2,5-8,10,17-18H,3-4,9H2,1H3. The Kier molecular flexibility index (Phi) is 4.15. The first kappa shape index (κ1) is 16.3. The van der Waals surface area contributed by atoms with Crippen LogP contribution in [0.4, 0.5) is 22.7 Å². The number of nitro benzene ring substituents is 1. The van der Waals surface area contributed by atoms with Crippen molar-refractivity contribution in [2.45, 2.75) is 17.7 Å². The molecule has 0 saturated heterocycles. The second kappa shape index (κ2) is 6.12. The summed E-state index contributed by atoms with van der Waals surface area (Å²) in [7, 11) is -3.70. The third kappa shape index (κ3) is 3.18. The molecule has 0 spiro atoms. The topological polar surface area (TPSA) is 101 Å². The Morgan fingerprint density at radius 3 is 2.75 bits per heavy atom. The van der Waals surface area contributed by atoms with Crippen LogP contribution in [0.15, 0.2) is 41.3 Å². The van der Waals surface area contributed by atoms with E-state index in [1.807, 2.05) is 18.2 Å². The molecule has 3 rings (SSSR count). The average molecular weight is 347 g/mol. The highest BCUT2D eigenvalue weighted by Crippen LogP contribution is 2.35. The second-order valence-electron chi connectivity index (χ2n) is 5.71. The summed E-state index contributed by atoms with van der Waals surface area (Å²) in [6.45, 7) is 0.932. The minimum Gasteiger partial charge on any atom is -0.385 e. The molecule has 1 aliphatic heterocycles. The van der Waals surface area contributed by atoms with Crippen LogP contribution >= 0.6 is 0 Å². The fourth-order valence-electron chi connectivity index (χ4n) is 2.82. The van der Waals surface area contributed by atoms with Crippen molar-refractivity contribution in [1.29, 1.82) is 0 Å². The van der Waals surface area contributed by atoms with Crippen molar-refractivity contribution in [3.63, 3.8) is 0 Å². The zero-order valence-electron chi connectivity index (χ0n) is 13.1. The van der Waals surface area contributed by atoms with Crippen molar-refractivity contribution in [2.75, 3.05) is 23.4 Å². The molecule has 2 aromatic carbocycles. The molecule has 0 radical (unpaired) electrons. The molecule has 0 atom stereocenters. The highest BCUT2D eigenvalue weighted by atomic mass is 32.2.